The van der Waals surface area contributed by atoms with Gasteiger partial charge in [-0.15, -0.1) is 0 Å². The van der Waals surface area contributed by atoms with E-state index in [1.54, 1.807) is 7.11 Å². The highest BCUT2D eigenvalue weighted by Crippen LogP contribution is 2.60. The number of aliphatic hydroxyl groups excluding tert-OH is 1. The van der Waals surface area contributed by atoms with Crippen LogP contribution in [-0.2, 0) is 31.3 Å². The number of nitrogens with one attached hydrogen (secondary N) is 2. The molecule has 270 valence electrons. The number of likely N-dealkylation sites (tertiary alicyclic amines) is 1. The number of aliphatic hydroxyl groups is 1. The number of hydrogen-bond acceptors (Lipinski definition) is 7. The van der Waals surface area contributed by atoms with E-state index >= 15 is 4.79 Å². The van der Waals surface area contributed by atoms with Crippen molar-refractivity contribution in [3.8, 4) is 5.75 Å². The van der Waals surface area contributed by atoms with Crippen LogP contribution in [0.1, 0.15) is 50.2 Å². The van der Waals surface area contributed by atoms with Crippen molar-refractivity contribution >= 4 is 42.4 Å². The SMILES string of the molecule is COc1ccc([Si](C)(C)[C@H]2[C@H](CC(=O)N3CCC[C@H]3CO)O[C@@]3(C(=O)N(Cc4cccc(NC(=O)[C@H]5CCCN5)c4)c4ccccc43)[C@@H]2C)cc1. The summed E-state index contributed by atoms with van der Waals surface area (Å²) in [5.41, 5.74) is 1.86. The van der Waals surface area contributed by atoms with Crippen LogP contribution in [0.5, 0.6) is 5.75 Å². The third kappa shape index (κ3) is 6.28. The maximum absolute atomic E-state index is 15.1. The molecule has 1 spiro atoms. The molecule has 0 radical (unpaired) electrons. The van der Waals surface area contributed by atoms with Gasteiger partial charge in [-0.1, -0.05) is 67.7 Å². The second-order valence-corrected chi connectivity index (χ2v) is 19.9. The van der Waals surface area contributed by atoms with Crippen molar-refractivity contribution in [2.24, 2.45) is 5.92 Å². The number of rotatable bonds is 10. The molecule has 0 aromatic heterocycles. The van der Waals surface area contributed by atoms with Gasteiger partial charge in [-0.3, -0.25) is 14.4 Å². The molecule has 0 unspecified atom stereocenters. The summed E-state index contributed by atoms with van der Waals surface area (Å²) >= 11 is 0. The van der Waals surface area contributed by atoms with Gasteiger partial charge in [0.25, 0.3) is 5.91 Å². The van der Waals surface area contributed by atoms with Gasteiger partial charge >= 0.3 is 0 Å². The van der Waals surface area contributed by atoms with Gasteiger partial charge in [0.1, 0.15) is 5.75 Å². The normalized spacial score (nSPS) is 27.3. The van der Waals surface area contributed by atoms with Crippen LogP contribution < -0.4 is 25.5 Å². The molecular weight excluding hydrogens is 661 g/mol. The molecule has 3 fully saturated rings. The Morgan fingerprint density at radius 2 is 1.84 bits per heavy atom. The highest BCUT2D eigenvalue weighted by Gasteiger charge is 2.66. The van der Waals surface area contributed by atoms with E-state index in [0.29, 0.717) is 18.8 Å². The first-order valence-corrected chi connectivity index (χ1v) is 21.4. The first kappa shape index (κ1) is 35.4. The van der Waals surface area contributed by atoms with Gasteiger partial charge in [-0.05, 0) is 73.7 Å². The Kier molecular flexibility index (Phi) is 9.83. The summed E-state index contributed by atoms with van der Waals surface area (Å²) in [5.74, 6) is 0.326. The van der Waals surface area contributed by atoms with Crippen LogP contribution in [0, 0.1) is 5.92 Å². The molecule has 4 aliphatic rings. The zero-order valence-electron chi connectivity index (χ0n) is 30.1. The zero-order valence-corrected chi connectivity index (χ0v) is 31.1. The summed E-state index contributed by atoms with van der Waals surface area (Å²) in [4.78, 5) is 45.6. The van der Waals surface area contributed by atoms with Crippen LogP contribution in [0.15, 0.2) is 72.8 Å². The minimum absolute atomic E-state index is 0.0346. The lowest BCUT2D eigenvalue weighted by Crippen LogP contribution is -2.52. The summed E-state index contributed by atoms with van der Waals surface area (Å²) in [7, 11) is -0.776. The third-order valence-corrected chi connectivity index (χ3v) is 16.3. The van der Waals surface area contributed by atoms with E-state index in [4.69, 9.17) is 9.47 Å². The summed E-state index contributed by atoms with van der Waals surface area (Å²) in [6.07, 6.45) is 3.09. The molecule has 7 rings (SSSR count). The average Bonchev–Trinajstić information content (AvgIpc) is 3.94. The molecule has 3 N–H and O–H groups in total. The maximum atomic E-state index is 15.1. The van der Waals surface area contributed by atoms with E-state index in [1.807, 2.05) is 70.5 Å². The van der Waals surface area contributed by atoms with Crippen molar-refractivity contribution in [2.75, 3.05) is 37.0 Å². The van der Waals surface area contributed by atoms with Crippen LogP contribution in [0.4, 0.5) is 11.4 Å². The number of fused-ring (bicyclic) bond motifs is 2. The number of nitrogens with zero attached hydrogens (tertiary/aromatic N) is 2. The number of ether oxygens (including phenoxy) is 2. The zero-order chi connectivity index (χ0) is 35.9. The predicted octanol–water partition coefficient (Wildman–Crippen LogP) is 4.52. The number of benzene rings is 3. The van der Waals surface area contributed by atoms with Crippen LogP contribution in [-0.4, -0.2) is 80.8 Å². The minimum atomic E-state index is -2.43. The third-order valence-electron chi connectivity index (χ3n) is 11.9. The quantitative estimate of drug-likeness (QED) is 0.265. The van der Waals surface area contributed by atoms with Gasteiger partial charge in [0.05, 0.1) is 58.6 Å². The first-order chi connectivity index (χ1) is 24.6. The van der Waals surface area contributed by atoms with E-state index < -0.39 is 19.8 Å². The molecular formula is C40H50N4O6Si. The number of para-hydroxylation sites is 1. The van der Waals surface area contributed by atoms with E-state index in [9.17, 15) is 14.7 Å². The van der Waals surface area contributed by atoms with E-state index in [1.165, 1.54) is 5.19 Å². The fraction of sp³-hybridized carbons (Fsp3) is 0.475. The lowest BCUT2D eigenvalue weighted by molar-refractivity contribution is -0.150. The molecule has 4 heterocycles. The molecule has 0 bridgehead atoms. The van der Waals surface area contributed by atoms with Crippen molar-refractivity contribution < 1.29 is 29.0 Å². The van der Waals surface area contributed by atoms with Gasteiger partial charge in [0, 0.05) is 23.7 Å². The molecule has 51 heavy (non-hydrogen) atoms. The Bertz CT molecular complexity index is 1780. The van der Waals surface area contributed by atoms with Gasteiger partial charge in [-0.25, -0.2) is 0 Å². The predicted molar refractivity (Wildman–Crippen MR) is 200 cm³/mol. The smallest absolute Gasteiger partial charge is 0.264 e. The summed E-state index contributed by atoms with van der Waals surface area (Å²) < 4.78 is 12.6. The number of carbonyl (C=O) groups excluding carboxylic acids is 3. The molecule has 11 heteroatoms. The van der Waals surface area contributed by atoms with Crippen molar-refractivity contribution in [3.63, 3.8) is 0 Å². The van der Waals surface area contributed by atoms with Gasteiger partial charge in [0.2, 0.25) is 11.8 Å². The standard InChI is InChI=1S/C40H50N4O6Si/c1-26-37(51(3,4)31-18-16-30(49-2)17-19-31)35(23-36(46)43-21-9-12-29(43)25-45)50-40(26)32-13-5-6-15-34(32)44(39(40)48)24-27-10-7-11-28(22-27)42-38(47)33-14-8-20-41-33/h5-7,10-11,13,15-19,22,26,29,33,35,37,41,45H,8-9,12,14,20-21,23-25H2,1-4H3,(H,42,47)/t26-,29+,33-,35+,37-,40+/m1/s1. The highest BCUT2D eigenvalue weighted by molar-refractivity contribution is 6.91. The Balaban J connectivity index is 1.23. The summed E-state index contributed by atoms with van der Waals surface area (Å²) in [6, 6.07) is 23.4. The monoisotopic (exact) mass is 710 g/mol. The van der Waals surface area contributed by atoms with Gasteiger partial charge in [0.15, 0.2) is 5.60 Å². The fourth-order valence-corrected chi connectivity index (χ4v) is 13.3. The number of methoxy groups -OCH3 is 1. The number of amides is 3. The Labute approximate surface area is 301 Å². The second kappa shape index (κ2) is 14.2. The number of anilines is 2. The van der Waals surface area contributed by atoms with Crippen LogP contribution in [0.25, 0.3) is 0 Å². The lowest BCUT2D eigenvalue weighted by atomic mass is 9.82. The number of hydrogen-bond donors (Lipinski definition) is 3. The van der Waals surface area contributed by atoms with Crippen molar-refractivity contribution in [1.82, 2.24) is 10.2 Å². The second-order valence-electron chi connectivity index (χ2n) is 15.2. The molecule has 3 saturated heterocycles. The molecule has 3 amide bonds. The van der Waals surface area contributed by atoms with Crippen LogP contribution in [0.3, 0.4) is 0 Å². The van der Waals surface area contributed by atoms with Crippen molar-refractivity contribution in [3.05, 3.63) is 83.9 Å². The largest absolute Gasteiger partial charge is 0.497 e. The fourth-order valence-electron chi connectivity index (χ4n) is 9.34. The number of carbonyl (C=O) groups is 3. The average molecular weight is 711 g/mol. The Hall–Kier alpha value is -4.03. The van der Waals surface area contributed by atoms with E-state index in [2.05, 4.69) is 42.8 Å². The molecule has 4 aliphatic heterocycles. The Morgan fingerprint density at radius 1 is 1.06 bits per heavy atom. The maximum Gasteiger partial charge on any atom is 0.264 e. The van der Waals surface area contributed by atoms with Crippen molar-refractivity contribution in [1.29, 1.82) is 0 Å². The molecule has 3 aromatic rings. The summed E-state index contributed by atoms with van der Waals surface area (Å²) in [5, 5.41) is 17.5. The van der Waals surface area contributed by atoms with E-state index in [0.717, 1.165) is 54.8 Å². The van der Waals surface area contributed by atoms with Crippen molar-refractivity contribution in [2.45, 2.75) is 88.0 Å². The molecule has 0 saturated carbocycles. The minimum Gasteiger partial charge on any atom is -0.497 e. The van der Waals surface area contributed by atoms with Gasteiger partial charge in [-0.2, -0.15) is 0 Å². The van der Waals surface area contributed by atoms with E-state index in [-0.39, 0.29) is 54.3 Å². The molecule has 3 aromatic carbocycles. The lowest BCUT2D eigenvalue weighted by Gasteiger charge is -2.37. The topological polar surface area (TPSA) is 120 Å². The van der Waals surface area contributed by atoms with Crippen LogP contribution in [0.2, 0.25) is 18.6 Å². The summed E-state index contributed by atoms with van der Waals surface area (Å²) in [6.45, 7) is 8.46. The highest BCUT2D eigenvalue weighted by atomic mass is 28.3. The van der Waals surface area contributed by atoms with Crippen LogP contribution >= 0.6 is 0 Å². The van der Waals surface area contributed by atoms with Gasteiger partial charge < -0.3 is 35.0 Å². The first-order valence-electron chi connectivity index (χ1n) is 18.4. The Morgan fingerprint density at radius 3 is 2.57 bits per heavy atom. The molecule has 6 atom stereocenters. The molecule has 0 aliphatic carbocycles. The molecule has 10 nitrogen and oxygen atoms in total.